The molecule has 2 N–H and O–H groups in total. The van der Waals surface area contributed by atoms with Crippen LogP contribution >= 0.6 is 0 Å². The fraction of sp³-hybridized carbons (Fsp3) is 0.263. The molecule has 0 saturated carbocycles. The Morgan fingerprint density at radius 1 is 1.00 bits per heavy atom. The molecule has 2 aromatic carbocycles. The van der Waals surface area contributed by atoms with E-state index in [2.05, 4.69) is 10.6 Å². The lowest BCUT2D eigenvalue weighted by molar-refractivity contribution is 0.0948. The summed E-state index contributed by atoms with van der Waals surface area (Å²) in [7, 11) is 1.62. The molecule has 0 fully saturated rings. The number of ether oxygens (including phenoxy) is 1. The van der Waals surface area contributed by atoms with E-state index >= 15 is 0 Å². The van der Waals surface area contributed by atoms with Crippen LogP contribution in [0.5, 0.6) is 0 Å². The third-order valence-corrected chi connectivity index (χ3v) is 3.47. The van der Waals surface area contributed by atoms with Gasteiger partial charge in [0.2, 0.25) is 0 Å². The number of rotatable bonds is 7. The van der Waals surface area contributed by atoms with Gasteiger partial charge in [-0.3, -0.25) is 9.59 Å². The summed E-state index contributed by atoms with van der Waals surface area (Å²) < 4.78 is 4.94. The number of carbonyl (C=O) groups is 2. The van der Waals surface area contributed by atoms with Gasteiger partial charge in [0.05, 0.1) is 0 Å². The zero-order chi connectivity index (χ0) is 17.4. The van der Waals surface area contributed by atoms with Gasteiger partial charge in [-0.15, -0.1) is 0 Å². The van der Waals surface area contributed by atoms with Gasteiger partial charge in [0, 0.05) is 37.1 Å². The third-order valence-electron chi connectivity index (χ3n) is 3.47. The number of hydrogen-bond acceptors (Lipinski definition) is 3. The first kappa shape index (κ1) is 17.7. The van der Waals surface area contributed by atoms with Crippen molar-refractivity contribution in [2.45, 2.75) is 13.3 Å². The lowest BCUT2D eigenvalue weighted by Gasteiger charge is -2.08. The van der Waals surface area contributed by atoms with E-state index in [9.17, 15) is 9.59 Å². The van der Waals surface area contributed by atoms with Crippen molar-refractivity contribution in [2.75, 3.05) is 25.6 Å². The second kappa shape index (κ2) is 8.84. The minimum Gasteiger partial charge on any atom is -0.385 e. The molecule has 0 saturated heterocycles. The highest BCUT2D eigenvalue weighted by Gasteiger charge is 2.10. The normalized spacial score (nSPS) is 10.2. The molecule has 0 spiro atoms. The second-order valence-corrected chi connectivity index (χ2v) is 5.51. The molecule has 0 radical (unpaired) electrons. The number of carbonyl (C=O) groups excluding carboxylic acids is 2. The summed E-state index contributed by atoms with van der Waals surface area (Å²) >= 11 is 0. The van der Waals surface area contributed by atoms with E-state index in [4.69, 9.17) is 4.74 Å². The molecular formula is C19H22N2O3. The predicted octanol–water partition coefficient (Wildman–Crippen LogP) is 3.01. The van der Waals surface area contributed by atoms with Crippen LogP contribution in [0, 0.1) is 6.92 Å². The molecule has 0 aromatic heterocycles. The van der Waals surface area contributed by atoms with Crippen molar-refractivity contribution < 1.29 is 14.3 Å². The topological polar surface area (TPSA) is 67.4 Å². The van der Waals surface area contributed by atoms with Gasteiger partial charge >= 0.3 is 0 Å². The zero-order valence-electron chi connectivity index (χ0n) is 14.0. The Bertz CT molecular complexity index is 713. The van der Waals surface area contributed by atoms with Crippen molar-refractivity contribution in [3.8, 4) is 0 Å². The number of benzene rings is 2. The zero-order valence-corrected chi connectivity index (χ0v) is 14.0. The van der Waals surface area contributed by atoms with Gasteiger partial charge in [-0.05, 0) is 49.2 Å². The standard InChI is InChI=1S/C19H22N2O3/c1-14-6-3-9-17(12-14)21-19(23)16-8-4-7-15(13-16)18(22)20-10-5-11-24-2/h3-4,6-9,12-13H,5,10-11H2,1-2H3,(H,20,22)(H,21,23). The molecule has 126 valence electrons. The van der Waals surface area contributed by atoms with Gasteiger partial charge in [-0.1, -0.05) is 18.2 Å². The lowest BCUT2D eigenvalue weighted by atomic mass is 10.1. The van der Waals surface area contributed by atoms with E-state index in [0.29, 0.717) is 24.3 Å². The molecule has 0 bridgehead atoms. The highest BCUT2D eigenvalue weighted by atomic mass is 16.5. The van der Waals surface area contributed by atoms with Crippen LogP contribution in [0.1, 0.15) is 32.7 Å². The first-order chi connectivity index (χ1) is 11.6. The largest absolute Gasteiger partial charge is 0.385 e. The average Bonchev–Trinajstić information content (AvgIpc) is 2.58. The quantitative estimate of drug-likeness (QED) is 0.769. The molecule has 0 unspecified atom stereocenters. The molecule has 0 aliphatic rings. The van der Waals surface area contributed by atoms with Crippen molar-refractivity contribution in [3.63, 3.8) is 0 Å². The van der Waals surface area contributed by atoms with Crippen molar-refractivity contribution >= 4 is 17.5 Å². The van der Waals surface area contributed by atoms with Crippen molar-refractivity contribution in [3.05, 3.63) is 65.2 Å². The Labute approximate surface area is 142 Å². The number of nitrogens with one attached hydrogen (secondary N) is 2. The minimum atomic E-state index is -0.241. The Hall–Kier alpha value is -2.66. The van der Waals surface area contributed by atoms with Crippen LogP contribution in [0.3, 0.4) is 0 Å². The van der Waals surface area contributed by atoms with Gasteiger partial charge in [0.15, 0.2) is 0 Å². The SMILES string of the molecule is COCCCNC(=O)c1cccc(C(=O)Nc2cccc(C)c2)c1. The molecule has 5 nitrogen and oxygen atoms in total. The van der Waals surface area contributed by atoms with Gasteiger partial charge in [0.25, 0.3) is 11.8 Å². The van der Waals surface area contributed by atoms with Crippen LogP contribution in [-0.2, 0) is 4.74 Å². The molecule has 0 aliphatic heterocycles. The summed E-state index contributed by atoms with van der Waals surface area (Å²) in [6, 6.07) is 14.2. The highest BCUT2D eigenvalue weighted by molar-refractivity contribution is 6.06. The van der Waals surface area contributed by atoms with Crippen LogP contribution in [0.4, 0.5) is 5.69 Å². The lowest BCUT2D eigenvalue weighted by Crippen LogP contribution is -2.25. The average molecular weight is 326 g/mol. The third kappa shape index (κ3) is 5.21. The van der Waals surface area contributed by atoms with E-state index in [1.165, 1.54) is 0 Å². The fourth-order valence-corrected chi connectivity index (χ4v) is 2.25. The van der Waals surface area contributed by atoms with Crippen molar-refractivity contribution in [2.24, 2.45) is 0 Å². The Morgan fingerprint density at radius 3 is 2.42 bits per heavy atom. The molecular weight excluding hydrogens is 304 g/mol. The second-order valence-electron chi connectivity index (χ2n) is 5.51. The minimum absolute atomic E-state index is 0.198. The Morgan fingerprint density at radius 2 is 1.71 bits per heavy atom. The first-order valence-corrected chi connectivity index (χ1v) is 7.85. The fourth-order valence-electron chi connectivity index (χ4n) is 2.25. The summed E-state index contributed by atoms with van der Waals surface area (Å²) in [5, 5.41) is 5.64. The maximum absolute atomic E-state index is 12.3. The molecule has 5 heteroatoms. The number of aryl methyl sites for hydroxylation is 1. The van der Waals surface area contributed by atoms with Crippen LogP contribution < -0.4 is 10.6 Å². The van der Waals surface area contributed by atoms with E-state index in [1.54, 1.807) is 31.4 Å². The number of amides is 2. The summed E-state index contributed by atoms with van der Waals surface area (Å²) in [4.78, 5) is 24.4. The summed E-state index contributed by atoms with van der Waals surface area (Å²) in [6.45, 7) is 3.09. The molecule has 0 heterocycles. The molecule has 0 aliphatic carbocycles. The van der Waals surface area contributed by atoms with Crippen molar-refractivity contribution in [1.82, 2.24) is 5.32 Å². The van der Waals surface area contributed by atoms with Crippen LogP contribution in [0.25, 0.3) is 0 Å². The maximum Gasteiger partial charge on any atom is 0.255 e. The highest BCUT2D eigenvalue weighted by Crippen LogP contribution is 2.12. The number of methoxy groups -OCH3 is 1. The Kier molecular flexibility index (Phi) is 6.51. The van der Waals surface area contributed by atoms with Gasteiger partial charge in [-0.2, -0.15) is 0 Å². The van der Waals surface area contributed by atoms with Gasteiger partial charge in [-0.25, -0.2) is 0 Å². The summed E-state index contributed by atoms with van der Waals surface area (Å²) in [6.07, 6.45) is 0.746. The van der Waals surface area contributed by atoms with E-state index in [0.717, 1.165) is 17.7 Å². The van der Waals surface area contributed by atoms with Gasteiger partial charge in [0.1, 0.15) is 0 Å². The van der Waals surface area contributed by atoms with E-state index in [-0.39, 0.29) is 11.8 Å². The summed E-state index contributed by atoms with van der Waals surface area (Å²) in [5.41, 5.74) is 2.71. The predicted molar refractivity (Wildman–Crippen MR) is 94.4 cm³/mol. The van der Waals surface area contributed by atoms with E-state index < -0.39 is 0 Å². The van der Waals surface area contributed by atoms with Crippen LogP contribution in [0.15, 0.2) is 48.5 Å². The molecule has 0 atom stereocenters. The molecule has 2 rings (SSSR count). The van der Waals surface area contributed by atoms with Crippen LogP contribution in [-0.4, -0.2) is 32.1 Å². The molecule has 2 aromatic rings. The van der Waals surface area contributed by atoms with E-state index in [1.807, 2.05) is 31.2 Å². The number of hydrogen-bond donors (Lipinski definition) is 2. The smallest absolute Gasteiger partial charge is 0.255 e. The monoisotopic (exact) mass is 326 g/mol. The molecule has 2 amide bonds. The van der Waals surface area contributed by atoms with Gasteiger partial charge < -0.3 is 15.4 Å². The summed E-state index contributed by atoms with van der Waals surface area (Å²) in [5.74, 6) is -0.439. The molecule has 24 heavy (non-hydrogen) atoms. The first-order valence-electron chi connectivity index (χ1n) is 7.85. The Balaban J connectivity index is 2.01. The van der Waals surface area contributed by atoms with Crippen molar-refractivity contribution in [1.29, 1.82) is 0 Å². The van der Waals surface area contributed by atoms with Crippen LogP contribution in [0.2, 0.25) is 0 Å². The maximum atomic E-state index is 12.3. The number of anilines is 1.